The van der Waals surface area contributed by atoms with Gasteiger partial charge in [0.25, 0.3) is 0 Å². The molecule has 2 aromatic rings. The summed E-state index contributed by atoms with van der Waals surface area (Å²) in [5.41, 5.74) is 9.39. The van der Waals surface area contributed by atoms with Gasteiger partial charge in [-0.25, -0.2) is 9.97 Å². The molecule has 0 saturated heterocycles. The van der Waals surface area contributed by atoms with Gasteiger partial charge in [-0.2, -0.15) is 0 Å². The molecule has 2 rings (SSSR count). The highest BCUT2D eigenvalue weighted by atomic mass is 15.2. The van der Waals surface area contributed by atoms with E-state index < -0.39 is 0 Å². The molecule has 0 saturated carbocycles. The molecule has 0 aliphatic carbocycles. The fourth-order valence-electron chi connectivity index (χ4n) is 2.24. The summed E-state index contributed by atoms with van der Waals surface area (Å²) in [5, 5.41) is 0. The van der Waals surface area contributed by atoms with Crippen molar-refractivity contribution >= 4 is 17.3 Å². The van der Waals surface area contributed by atoms with Crippen LogP contribution in [0.1, 0.15) is 37.7 Å². The second kappa shape index (κ2) is 5.35. The van der Waals surface area contributed by atoms with Crippen LogP contribution in [0.5, 0.6) is 0 Å². The summed E-state index contributed by atoms with van der Waals surface area (Å²) in [7, 11) is 2.00. The minimum Gasteiger partial charge on any atom is -0.384 e. The first kappa shape index (κ1) is 15.3. The van der Waals surface area contributed by atoms with Crippen molar-refractivity contribution in [1.29, 1.82) is 0 Å². The molecule has 4 nitrogen and oxygen atoms in total. The number of aryl methyl sites for hydroxylation is 2. The van der Waals surface area contributed by atoms with E-state index in [-0.39, 0.29) is 5.41 Å². The molecule has 0 atom stereocenters. The van der Waals surface area contributed by atoms with Crippen molar-refractivity contribution in [3.8, 4) is 0 Å². The summed E-state index contributed by atoms with van der Waals surface area (Å²) in [5.74, 6) is 2.08. The fourth-order valence-corrected chi connectivity index (χ4v) is 2.24. The van der Waals surface area contributed by atoms with Crippen LogP contribution >= 0.6 is 0 Å². The lowest BCUT2D eigenvalue weighted by atomic mass is 9.96. The third-order valence-corrected chi connectivity index (χ3v) is 3.34. The summed E-state index contributed by atoms with van der Waals surface area (Å²) >= 11 is 0. The van der Waals surface area contributed by atoms with Crippen LogP contribution in [-0.2, 0) is 5.41 Å². The average Bonchev–Trinajstić information content (AvgIpc) is 2.35. The van der Waals surface area contributed by atoms with Crippen molar-refractivity contribution in [3.05, 3.63) is 41.2 Å². The van der Waals surface area contributed by atoms with E-state index in [0.29, 0.717) is 5.82 Å². The Hall–Kier alpha value is -2.10. The van der Waals surface area contributed by atoms with Crippen LogP contribution in [0.3, 0.4) is 0 Å². The Bertz CT molecular complexity index is 636. The summed E-state index contributed by atoms with van der Waals surface area (Å²) < 4.78 is 0. The van der Waals surface area contributed by atoms with Crippen molar-refractivity contribution in [2.75, 3.05) is 17.7 Å². The zero-order valence-corrected chi connectivity index (χ0v) is 13.7. The van der Waals surface area contributed by atoms with Gasteiger partial charge in [0.1, 0.15) is 17.5 Å². The maximum atomic E-state index is 5.95. The van der Waals surface area contributed by atoms with Crippen LogP contribution in [-0.4, -0.2) is 17.0 Å². The van der Waals surface area contributed by atoms with Gasteiger partial charge in [0, 0.05) is 24.2 Å². The maximum absolute atomic E-state index is 5.95. The molecule has 0 spiro atoms. The molecule has 2 N–H and O–H groups in total. The minimum absolute atomic E-state index is 0.131. The van der Waals surface area contributed by atoms with Crippen molar-refractivity contribution in [2.24, 2.45) is 0 Å². The van der Waals surface area contributed by atoms with Crippen LogP contribution in [0.2, 0.25) is 0 Å². The van der Waals surface area contributed by atoms with E-state index >= 15 is 0 Å². The molecule has 0 aliphatic rings. The van der Waals surface area contributed by atoms with Crippen molar-refractivity contribution < 1.29 is 0 Å². The van der Waals surface area contributed by atoms with E-state index in [1.54, 1.807) is 0 Å². The largest absolute Gasteiger partial charge is 0.384 e. The van der Waals surface area contributed by atoms with E-state index in [0.717, 1.165) is 17.3 Å². The van der Waals surface area contributed by atoms with E-state index in [9.17, 15) is 0 Å². The SMILES string of the molecule is Cc1cc(C)cc(N(C)c2cc(N)nc(C(C)(C)C)n2)c1. The zero-order chi connectivity index (χ0) is 15.8. The van der Waals surface area contributed by atoms with E-state index in [1.807, 2.05) is 18.0 Å². The predicted octanol–water partition coefficient (Wildman–Crippen LogP) is 3.74. The number of rotatable bonds is 2. The number of aromatic nitrogens is 2. The maximum Gasteiger partial charge on any atom is 0.138 e. The molecule has 1 heterocycles. The third-order valence-electron chi connectivity index (χ3n) is 3.34. The highest BCUT2D eigenvalue weighted by Gasteiger charge is 2.20. The predicted molar refractivity (Wildman–Crippen MR) is 89.1 cm³/mol. The van der Waals surface area contributed by atoms with Gasteiger partial charge >= 0.3 is 0 Å². The number of anilines is 3. The van der Waals surface area contributed by atoms with Gasteiger partial charge in [0.05, 0.1) is 0 Å². The van der Waals surface area contributed by atoms with Crippen LogP contribution in [0.15, 0.2) is 24.3 Å². The quantitative estimate of drug-likeness (QED) is 0.912. The normalized spacial score (nSPS) is 11.5. The molecule has 0 bridgehead atoms. The number of benzene rings is 1. The van der Waals surface area contributed by atoms with Crippen molar-refractivity contribution in [1.82, 2.24) is 9.97 Å². The summed E-state index contributed by atoms with van der Waals surface area (Å²) in [6.45, 7) is 10.5. The van der Waals surface area contributed by atoms with Crippen LogP contribution < -0.4 is 10.6 Å². The second-order valence-corrected chi connectivity index (χ2v) is 6.63. The smallest absolute Gasteiger partial charge is 0.138 e. The average molecular weight is 284 g/mol. The highest BCUT2D eigenvalue weighted by Crippen LogP contribution is 2.27. The molecule has 0 aliphatic heterocycles. The lowest BCUT2D eigenvalue weighted by Crippen LogP contribution is -2.20. The Morgan fingerprint density at radius 3 is 2.05 bits per heavy atom. The van der Waals surface area contributed by atoms with E-state index in [1.165, 1.54) is 11.1 Å². The van der Waals surface area contributed by atoms with Gasteiger partial charge in [-0.1, -0.05) is 26.8 Å². The fraction of sp³-hybridized carbons (Fsp3) is 0.412. The minimum atomic E-state index is -0.131. The van der Waals surface area contributed by atoms with Crippen LogP contribution in [0.4, 0.5) is 17.3 Å². The van der Waals surface area contributed by atoms with E-state index in [2.05, 4.69) is 62.8 Å². The zero-order valence-electron chi connectivity index (χ0n) is 13.7. The molecule has 0 radical (unpaired) electrons. The summed E-state index contributed by atoms with van der Waals surface area (Å²) in [4.78, 5) is 11.1. The third kappa shape index (κ3) is 3.51. The first-order valence-electron chi connectivity index (χ1n) is 7.14. The Balaban J connectivity index is 2.48. The Morgan fingerprint density at radius 1 is 0.952 bits per heavy atom. The van der Waals surface area contributed by atoms with Crippen LogP contribution in [0, 0.1) is 13.8 Å². The van der Waals surface area contributed by atoms with Crippen molar-refractivity contribution in [3.63, 3.8) is 0 Å². The Morgan fingerprint density at radius 2 is 1.52 bits per heavy atom. The molecule has 4 heteroatoms. The first-order valence-corrected chi connectivity index (χ1v) is 7.14. The lowest BCUT2D eigenvalue weighted by molar-refractivity contribution is 0.546. The summed E-state index contributed by atoms with van der Waals surface area (Å²) in [6, 6.07) is 8.25. The topological polar surface area (TPSA) is 55.0 Å². The first-order chi connectivity index (χ1) is 9.66. The summed E-state index contributed by atoms with van der Waals surface area (Å²) in [6.07, 6.45) is 0. The van der Waals surface area contributed by atoms with Gasteiger partial charge < -0.3 is 10.6 Å². The Kier molecular flexibility index (Phi) is 3.90. The molecule has 1 aromatic carbocycles. The number of nitrogens with two attached hydrogens (primary N) is 1. The molecule has 0 fully saturated rings. The lowest BCUT2D eigenvalue weighted by Gasteiger charge is -2.23. The number of hydrogen-bond donors (Lipinski definition) is 1. The van der Waals surface area contributed by atoms with Gasteiger partial charge in [0.15, 0.2) is 0 Å². The monoisotopic (exact) mass is 284 g/mol. The number of hydrogen-bond acceptors (Lipinski definition) is 4. The Labute approximate surface area is 127 Å². The van der Waals surface area contributed by atoms with Gasteiger partial charge in [-0.05, 0) is 37.1 Å². The molecular weight excluding hydrogens is 260 g/mol. The van der Waals surface area contributed by atoms with Crippen molar-refractivity contribution in [2.45, 2.75) is 40.0 Å². The van der Waals surface area contributed by atoms with Gasteiger partial charge in [-0.15, -0.1) is 0 Å². The highest BCUT2D eigenvalue weighted by molar-refractivity contribution is 5.63. The van der Waals surface area contributed by atoms with E-state index in [4.69, 9.17) is 5.73 Å². The molecule has 112 valence electrons. The molecule has 0 amide bonds. The standard InChI is InChI=1S/C17H24N4/c1-11-7-12(2)9-13(8-11)21(6)15-10-14(18)19-16(20-15)17(3,4)5/h7-10H,1-6H3,(H2,18,19,20). The van der Waals surface area contributed by atoms with Gasteiger partial charge in [-0.3, -0.25) is 0 Å². The number of nitrogen functional groups attached to an aromatic ring is 1. The van der Waals surface area contributed by atoms with Crippen LogP contribution in [0.25, 0.3) is 0 Å². The molecule has 0 unspecified atom stereocenters. The molecular formula is C17H24N4. The van der Waals surface area contributed by atoms with Gasteiger partial charge in [0.2, 0.25) is 0 Å². The molecule has 21 heavy (non-hydrogen) atoms. The number of nitrogens with zero attached hydrogens (tertiary/aromatic N) is 3. The molecule has 1 aromatic heterocycles. The second-order valence-electron chi connectivity index (χ2n) is 6.63.